The fourth-order valence-corrected chi connectivity index (χ4v) is 4.14. The largest absolute Gasteiger partial charge is 0.361 e. The maximum Gasteiger partial charge on any atom is 0.140 e. The number of H-pyrrole nitrogens is 1. The normalized spacial score (nSPS) is 18.1. The maximum absolute atomic E-state index is 5.57. The first-order valence-electron chi connectivity index (χ1n) is 8.65. The smallest absolute Gasteiger partial charge is 0.140 e. The van der Waals surface area contributed by atoms with Crippen LogP contribution in [0.3, 0.4) is 0 Å². The molecule has 5 rings (SSSR count). The third-order valence-corrected chi connectivity index (χ3v) is 5.37. The van der Waals surface area contributed by atoms with Crippen molar-refractivity contribution in [3.63, 3.8) is 0 Å². The Balaban J connectivity index is 1.42. The lowest BCUT2D eigenvalue weighted by molar-refractivity contribution is 0.237. The summed E-state index contributed by atoms with van der Waals surface area (Å²) in [6.45, 7) is 3.00. The van der Waals surface area contributed by atoms with Gasteiger partial charge in [-0.1, -0.05) is 23.4 Å². The number of para-hydroxylation sites is 1. The van der Waals surface area contributed by atoms with Crippen molar-refractivity contribution < 1.29 is 4.52 Å². The Bertz CT molecular complexity index is 861. The van der Waals surface area contributed by atoms with E-state index in [1.54, 1.807) is 0 Å². The standard InChI is InChI=1S/C19H21N3O/c1-3-7-16-13(5-1)15-11-22(10-9-17(15)20-16)12-18-14-6-2-4-8-19(14)23-21-18/h1,3,5,7,20H,2,4,6,8-12H2. The van der Waals surface area contributed by atoms with E-state index < -0.39 is 0 Å². The number of aryl methyl sites for hydroxylation is 1. The number of rotatable bonds is 2. The van der Waals surface area contributed by atoms with Crippen LogP contribution < -0.4 is 0 Å². The molecule has 0 saturated heterocycles. The van der Waals surface area contributed by atoms with E-state index in [-0.39, 0.29) is 0 Å². The second-order valence-electron chi connectivity index (χ2n) is 6.83. The average Bonchev–Trinajstić information content (AvgIpc) is 3.17. The minimum absolute atomic E-state index is 0.914. The van der Waals surface area contributed by atoms with Gasteiger partial charge in [-0.2, -0.15) is 0 Å². The van der Waals surface area contributed by atoms with Gasteiger partial charge in [0.25, 0.3) is 0 Å². The van der Waals surface area contributed by atoms with Gasteiger partial charge in [0.15, 0.2) is 0 Å². The van der Waals surface area contributed by atoms with Crippen LogP contribution in [0, 0.1) is 0 Å². The van der Waals surface area contributed by atoms with E-state index in [9.17, 15) is 0 Å². The summed E-state index contributed by atoms with van der Waals surface area (Å²) in [6, 6.07) is 8.63. The number of hydrogen-bond acceptors (Lipinski definition) is 3. The Hall–Kier alpha value is -2.07. The van der Waals surface area contributed by atoms with Crippen LogP contribution in [0.1, 0.15) is 41.1 Å². The lowest BCUT2D eigenvalue weighted by Gasteiger charge is -2.26. The molecule has 0 fully saturated rings. The zero-order valence-corrected chi connectivity index (χ0v) is 13.3. The Kier molecular flexibility index (Phi) is 3.05. The Morgan fingerprint density at radius 2 is 2.00 bits per heavy atom. The average molecular weight is 307 g/mol. The summed E-state index contributed by atoms with van der Waals surface area (Å²) in [7, 11) is 0. The van der Waals surface area contributed by atoms with Crippen LogP contribution >= 0.6 is 0 Å². The molecule has 3 heterocycles. The van der Waals surface area contributed by atoms with Crippen molar-refractivity contribution in [2.45, 2.75) is 45.2 Å². The Labute approximate surface area is 135 Å². The second kappa shape index (κ2) is 5.24. The highest BCUT2D eigenvalue weighted by Crippen LogP contribution is 2.30. The first-order chi connectivity index (χ1) is 11.4. The summed E-state index contributed by atoms with van der Waals surface area (Å²) in [5.74, 6) is 1.14. The van der Waals surface area contributed by atoms with Crippen LogP contribution in [-0.4, -0.2) is 21.6 Å². The molecule has 1 aliphatic carbocycles. The Morgan fingerprint density at radius 1 is 1.09 bits per heavy atom. The van der Waals surface area contributed by atoms with Crippen LogP contribution in [0.15, 0.2) is 28.8 Å². The summed E-state index contributed by atoms with van der Waals surface area (Å²) in [6.07, 6.45) is 5.80. The van der Waals surface area contributed by atoms with E-state index in [1.165, 1.54) is 46.3 Å². The zero-order valence-electron chi connectivity index (χ0n) is 13.3. The maximum atomic E-state index is 5.57. The number of benzene rings is 1. The van der Waals surface area contributed by atoms with Gasteiger partial charge < -0.3 is 9.51 Å². The van der Waals surface area contributed by atoms with Gasteiger partial charge in [0.05, 0.1) is 0 Å². The van der Waals surface area contributed by atoms with Gasteiger partial charge in [0, 0.05) is 54.6 Å². The van der Waals surface area contributed by atoms with Crippen LogP contribution in [0.5, 0.6) is 0 Å². The van der Waals surface area contributed by atoms with Crippen molar-refractivity contribution in [2.75, 3.05) is 6.54 Å². The number of nitrogens with one attached hydrogen (secondary N) is 1. The van der Waals surface area contributed by atoms with Gasteiger partial charge in [-0.15, -0.1) is 0 Å². The molecule has 1 aromatic carbocycles. The minimum Gasteiger partial charge on any atom is -0.361 e. The molecule has 0 bridgehead atoms. The molecule has 0 radical (unpaired) electrons. The third kappa shape index (κ3) is 2.20. The minimum atomic E-state index is 0.914. The highest BCUT2D eigenvalue weighted by molar-refractivity contribution is 5.84. The number of nitrogens with zero attached hydrogens (tertiary/aromatic N) is 2. The molecule has 0 saturated carbocycles. The molecule has 1 N–H and O–H groups in total. The topological polar surface area (TPSA) is 45.1 Å². The highest BCUT2D eigenvalue weighted by Gasteiger charge is 2.24. The molecule has 0 amide bonds. The van der Waals surface area contributed by atoms with Gasteiger partial charge in [-0.05, 0) is 30.9 Å². The Morgan fingerprint density at radius 3 is 3.00 bits per heavy atom. The van der Waals surface area contributed by atoms with E-state index in [0.717, 1.165) is 44.7 Å². The lowest BCUT2D eigenvalue weighted by atomic mass is 9.96. The number of fused-ring (bicyclic) bond motifs is 4. The molecule has 0 atom stereocenters. The van der Waals surface area contributed by atoms with Crippen molar-refractivity contribution >= 4 is 10.9 Å². The quantitative estimate of drug-likeness (QED) is 0.787. The molecule has 0 unspecified atom stereocenters. The van der Waals surface area contributed by atoms with E-state index >= 15 is 0 Å². The molecule has 2 aliphatic rings. The molecular weight excluding hydrogens is 286 g/mol. The van der Waals surface area contributed by atoms with Gasteiger partial charge in [0.2, 0.25) is 0 Å². The van der Waals surface area contributed by atoms with Gasteiger partial charge in [-0.3, -0.25) is 4.90 Å². The summed E-state index contributed by atoms with van der Waals surface area (Å²) in [5.41, 5.74) is 6.69. The van der Waals surface area contributed by atoms with Crippen molar-refractivity contribution in [3.05, 3.63) is 52.5 Å². The zero-order chi connectivity index (χ0) is 15.2. The van der Waals surface area contributed by atoms with Gasteiger partial charge in [-0.25, -0.2) is 0 Å². The van der Waals surface area contributed by atoms with E-state index in [0.29, 0.717) is 0 Å². The van der Waals surface area contributed by atoms with E-state index in [4.69, 9.17) is 4.52 Å². The van der Waals surface area contributed by atoms with Crippen molar-refractivity contribution in [2.24, 2.45) is 0 Å². The van der Waals surface area contributed by atoms with Gasteiger partial charge >= 0.3 is 0 Å². The predicted octanol–water partition coefficient (Wildman–Crippen LogP) is 3.59. The summed E-state index contributed by atoms with van der Waals surface area (Å²) >= 11 is 0. The lowest BCUT2D eigenvalue weighted by Crippen LogP contribution is -2.30. The summed E-state index contributed by atoms with van der Waals surface area (Å²) < 4.78 is 5.57. The first kappa shape index (κ1) is 13.4. The molecular formula is C19H21N3O. The second-order valence-corrected chi connectivity index (χ2v) is 6.83. The fraction of sp³-hybridized carbons (Fsp3) is 0.421. The van der Waals surface area contributed by atoms with Crippen molar-refractivity contribution in [3.8, 4) is 0 Å². The molecule has 4 heteroatoms. The molecule has 4 nitrogen and oxygen atoms in total. The van der Waals surface area contributed by atoms with Crippen LogP contribution in [0.25, 0.3) is 10.9 Å². The van der Waals surface area contributed by atoms with Crippen molar-refractivity contribution in [1.82, 2.24) is 15.0 Å². The highest BCUT2D eigenvalue weighted by atomic mass is 16.5. The number of aromatic nitrogens is 2. The third-order valence-electron chi connectivity index (χ3n) is 5.37. The fourth-order valence-electron chi connectivity index (χ4n) is 4.14. The van der Waals surface area contributed by atoms with Gasteiger partial charge in [0.1, 0.15) is 11.5 Å². The molecule has 0 spiro atoms. The predicted molar refractivity (Wildman–Crippen MR) is 89.3 cm³/mol. The SMILES string of the molecule is c1ccc2c3c([nH]c2c1)CCN(Cc1noc2c1CCCC2)C3. The van der Waals surface area contributed by atoms with E-state index in [1.807, 2.05) is 0 Å². The van der Waals surface area contributed by atoms with Crippen LogP contribution in [0.4, 0.5) is 0 Å². The molecule has 2 aromatic heterocycles. The molecule has 23 heavy (non-hydrogen) atoms. The monoisotopic (exact) mass is 307 g/mol. The molecule has 3 aromatic rings. The van der Waals surface area contributed by atoms with Crippen LogP contribution in [-0.2, 0) is 32.4 Å². The molecule has 1 aliphatic heterocycles. The number of aromatic amines is 1. The van der Waals surface area contributed by atoms with E-state index in [2.05, 4.69) is 39.3 Å². The summed E-state index contributed by atoms with van der Waals surface area (Å²) in [5, 5.41) is 5.74. The van der Waals surface area contributed by atoms with Crippen LogP contribution in [0.2, 0.25) is 0 Å². The summed E-state index contributed by atoms with van der Waals surface area (Å²) in [4.78, 5) is 6.09. The van der Waals surface area contributed by atoms with Crippen molar-refractivity contribution in [1.29, 1.82) is 0 Å². The first-order valence-corrected chi connectivity index (χ1v) is 8.65. The number of hydrogen-bond donors (Lipinski definition) is 1. The molecule has 118 valence electrons.